The molecule has 6 heteroatoms. The molecule has 0 radical (unpaired) electrons. The molecule has 1 heterocycles. The van der Waals surface area contributed by atoms with Gasteiger partial charge in [-0.2, -0.15) is 0 Å². The molecule has 1 aliphatic rings. The quantitative estimate of drug-likeness (QED) is 0.447. The van der Waals surface area contributed by atoms with Gasteiger partial charge in [-0.3, -0.25) is 4.57 Å². The van der Waals surface area contributed by atoms with Crippen molar-refractivity contribution in [3.8, 4) is 5.75 Å². The van der Waals surface area contributed by atoms with Crippen molar-refractivity contribution in [1.82, 2.24) is 5.09 Å². The van der Waals surface area contributed by atoms with Gasteiger partial charge in [-0.25, -0.2) is 5.09 Å². The standard InChI is InChI=1S/C25H32Cl2NO2P/c1-15(2)28-31(29)14-18(16-9-11-17(26)12-10-16)21-22(25(6,7)8)20(27)13-19(23(21)30-31)24(3,4)5/h9-15H,1-8H3,(H,28,29). The highest BCUT2D eigenvalue weighted by Gasteiger charge is 2.39. The van der Waals surface area contributed by atoms with Crippen LogP contribution in [0.5, 0.6) is 5.75 Å². The summed E-state index contributed by atoms with van der Waals surface area (Å²) in [5.74, 6) is 2.39. The van der Waals surface area contributed by atoms with E-state index in [0.29, 0.717) is 15.8 Å². The SMILES string of the molecule is CC(C)NP1(=O)C=C(c2ccc(Cl)cc2)c2c(c(C(C)(C)C)cc(Cl)c2C(C)(C)C)O1. The van der Waals surface area contributed by atoms with E-state index in [1.54, 1.807) is 5.82 Å². The first-order valence-electron chi connectivity index (χ1n) is 10.6. The monoisotopic (exact) mass is 479 g/mol. The molecule has 0 saturated carbocycles. The zero-order chi connectivity index (χ0) is 23.4. The molecule has 2 aromatic rings. The molecule has 168 valence electrons. The van der Waals surface area contributed by atoms with E-state index >= 15 is 0 Å². The Bertz CT molecular complexity index is 1070. The zero-order valence-electron chi connectivity index (χ0n) is 19.6. The number of halogens is 2. The first-order valence-corrected chi connectivity index (χ1v) is 13.0. The summed E-state index contributed by atoms with van der Waals surface area (Å²) >= 11 is 13.1. The second-order valence-electron chi connectivity index (χ2n) is 10.5. The fourth-order valence-electron chi connectivity index (χ4n) is 3.94. The van der Waals surface area contributed by atoms with Crippen LogP contribution in [0.1, 0.15) is 77.6 Å². The summed E-state index contributed by atoms with van der Waals surface area (Å²) in [6.07, 6.45) is 0. The molecule has 0 spiro atoms. The highest BCUT2D eigenvalue weighted by molar-refractivity contribution is 7.61. The minimum absolute atomic E-state index is 0.0115. The molecule has 0 bridgehead atoms. The summed E-state index contributed by atoms with van der Waals surface area (Å²) in [4.78, 5) is 0. The van der Waals surface area contributed by atoms with Gasteiger partial charge >= 0.3 is 7.52 Å². The van der Waals surface area contributed by atoms with Gasteiger partial charge in [-0.05, 0) is 54.0 Å². The summed E-state index contributed by atoms with van der Waals surface area (Å²) in [6, 6.07) is 9.56. The van der Waals surface area contributed by atoms with Crippen molar-refractivity contribution in [2.75, 3.05) is 0 Å². The Hall–Kier alpha value is -1.25. The Morgan fingerprint density at radius 3 is 2.03 bits per heavy atom. The molecule has 0 saturated heterocycles. The van der Waals surface area contributed by atoms with E-state index in [9.17, 15) is 4.57 Å². The van der Waals surface area contributed by atoms with E-state index in [0.717, 1.165) is 27.8 Å². The lowest BCUT2D eigenvalue weighted by molar-refractivity contribution is 0.452. The summed E-state index contributed by atoms with van der Waals surface area (Å²) in [5.41, 5.74) is 4.10. The number of rotatable bonds is 3. The second-order valence-corrected chi connectivity index (χ2v) is 13.2. The van der Waals surface area contributed by atoms with Gasteiger partial charge in [0, 0.05) is 38.6 Å². The molecule has 3 nitrogen and oxygen atoms in total. The van der Waals surface area contributed by atoms with Crippen LogP contribution >= 0.6 is 30.7 Å². The maximum Gasteiger partial charge on any atom is 0.340 e. The Kier molecular flexibility index (Phi) is 6.51. The molecule has 1 atom stereocenters. The van der Waals surface area contributed by atoms with Gasteiger partial charge in [0.2, 0.25) is 0 Å². The number of hydrogen-bond donors (Lipinski definition) is 1. The fourth-order valence-corrected chi connectivity index (χ4v) is 6.53. The maximum absolute atomic E-state index is 13.9. The van der Waals surface area contributed by atoms with Crippen molar-refractivity contribution in [3.63, 3.8) is 0 Å². The first kappa shape index (κ1) is 24.4. The summed E-state index contributed by atoms with van der Waals surface area (Å²) in [5, 5.41) is 4.50. The summed E-state index contributed by atoms with van der Waals surface area (Å²) in [7, 11) is -3.31. The lowest BCUT2D eigenvalue weighted by atomic mass is 9.76. The van der Waals surface area contributed by atoms with E-state index in [2.05, 4.69) is 46.6 Å². The number of fused-ring (bicyclic) bond motifs is 1. The zero-order valence-corrected chi connectivity index (χ0v) is 22.0. The Morgan fingerprint density at radius 2 is 1.55 bits per heavy atom. The largest absolute Gasteiger partial charge is 0.429 e. The predicted octanol–water partition coefficient (Wildman–Crippen LogP) is 8.56. The number of hydrogen-bond acceptors (Lipinski definition) is 2. The van der Waals surface area contributed by atoms with Crippen LogP contribution in [-0.4, -0.2) is 6.04 Å². The first-order chi connectivity index (χ1) is 14.1. The minimum atomic E-state index is -3.31. The third-order valence-electron chi connectivity index (χ3n) is 5.18. The van der Waals surface area contributed by atoms with Gasteiger partial charge in [0.05, 0.1) is 0 Å². The molecule has 31 heavy (non-hydrogen) atoms. The molecule has 2 aromatic carbocycles. The average molecular weight is 480 g/mol. The van der Waals surface area contributed by atoms with Gasteiger partial charge in [0.1, 0.15) is 5.75 Å². The normalized spacial score (nSPS) is 19.1. The molecule has 0 fully saturated rings. The van der Waals surface area contributed by atoms with E-state index in [1.807, 2.05) is 44.2 Å². The second kappa shape index (κ2) is 8.27. The van der Waals surface area contributed by atoms with Gasteiger partial charge < -0.3 is 4.52 Å². The lowest BCUT2D eigenvalue weighted by Gasteiger charge is -2.36. The average Bonchev–Trinajstić information content (AvgIpc) is 2.58. The molecule has 0 amide bonds. The number of benzene rings is 2. The van der Waals surface area contributed by atoms with E-state index in [-0.39, 0.29) is 16.9 Å². The highest BCUT2D eigenvalue weighted by Crippen LogP contribution is 2.59. The van der Waals surface area contributed by atoms with E-state index in [1.165, 1.54) is 0 Å². The maximum atomic E-state index is 13.9. The summed E-state index contributed by atoms with van der Waals surface area (Å²) in [6.45, 7) is 16.6. The van der Waals surface area contributed by atoms with E-state index < -0.39 is 7.52 Å². The van der Waals surface area contributed by atoms with Crippen LogP contribution in [0.3, 0.4) is 0 Å². The molecular formula is C25H32Cl2NO2P. The van der Waals surface area contributed by atoms with Crippen LogP contribution in [0.25, 0.3) is 5.57 Å². The fraction of sp³-hybridized carbons (Fsp3) is 0.440. The molecular weight excluding hydrogens is 448 g/mol. The van der Waals surface area contributed by atoms with Crippen LogP contribution in [0.2, 0.25) is 10.0 Å². The van der Waals surface area contributed by atoms with Gasteiger partial charge in [-0.15, -0.1) is 0 Å². The van der Waals surface area contributed by atoms with Crippen LogP contribution in [0.15, 0.2) is 36.1 Å². The topological polar surface area (TPSA) is 38.3 Å². The molecule has 1 unspecified atom stereocenters. The molecule has 1 aliphatic heterocycles. The van der Waals surface area contributed by atoms with Crippen molar-refractivity contribution in [2.24, 2.45) is 0 Å². The van der Waals surface area contributed by atoms with Crippen LogP contribution in [-0.2, 0) is 15.4 Å². The van der Waals surface area contributed by atoms with Crippen LogP contribution in [0.4, 0.5) is 0 Å². The van der Waals surface area contributed by atoms with Crippen molar-refractivity contribution in [3.05, 3.63) is 68.4 Å². The lowest BCUT2D eigenvalue weighted by Crippen LogP contribution is -2.26. The van der Waals surface area contributed by atoms with Crippen molar-refractivity contribution in [1.29, 1.82) is 0 Å². The molecule has 0 aliphatic carbocycles. The van der Waals surface area contributed by atoms with Crippen molar-refractivity contribution >= 4 is 36.3 Å². The molecule has 3 rings (SSSR count). The van der Waals surface area contributed by atoms with Gasteiger partial charge in [-0.1, -0.05) is 76.9 Å². The van der Waals surface area contributed by atoms with Crippen molar-refractivity contribution in [2.45, 2.75) is 72.3 Å². The Balaban J connectivity index is 2.47. The Labute approximate surface area is 196 Å². The molecule has 0 aromatic heterocycles. The smallest absolute Gasteiger partial charge is 0.340 e. The third-order valence-corrected chi connectivity index (χ3v) is 7.66. The van der Waals surface area contributed by atoms with Gasteiger partial charge in [0.15, 0.2) is 0 Å². The third kappa shape index (κ3) is 5.06. The molecule has 1 N–H and O–H groups in total. The minimum Gasteiger partial charge on any atom is -0.429 e. The predicted molar refractivity (Wildman–Crippen MR) is 134 cm³/mol. The van der Waals surface area contributed by atoms with Crippen LogP contribution < -0.4 is 9.61 Å². The number of nitrogens with one attached hydrogen (secondary N) is 1. The van der Waals surface area contributed by atoms with Crippen molar-refractivity contribution < 1.29 is 9.09 Å². The van der Waals surface area contributed by atoms with Crippen LogP contribution in [0, 0.1) is 0 Å². The van der Waals surface area contributed by atoms with E-state index in [4.69, 9.17) is 27.7 Å². The summed E-state index contributed by atoms with van der Waals surface area (Å²) < 4.78 is 20.3. The highest BCUT2D eigenvalue weighted by atomic mass is 35.5. The van der Waals surface area contributed by atoms with Gasteiger partial charge in [0.25, 0.3) is 0 Å². The Morgan fingerprint density at radius 1 is 0.968 bits per heavy atom.